The molecule has 3 nitrogen and oxygen atoms in total. The van der Waals surface area contributed by atoms with E-state index in [1.165, 1.54) is 5.56 Å². The highest BCUT2D eigenvalue weighted by Gasteiger charge is 2.15. The molecule has 0 unspecified atom stereocenters. The van der Waals surface area contributed by atoms with Gasteiger partial charge in [-0.1, -0.05) is 13.0 Å². The van der Waals surface area contributed by atoms with Crippen LogP contribution in [-0.4, -0.2) is 12.5 Å². The molecule has 0 saturated carbocycles. The Kier molecular flexibility index (Phi) is 1.93. The van der Waals surface area contributed by atoms with E-state index in [9.17, 15) is 4.79 Å². The molecule has 0 radical (unpaired) electrons. The van der Waals surface area contributed by atoms with Gasteiger partial charge in [0, 0.05) is 0 Å². The first-order valence-electron chi connectivity index (χ1n) is 4.37. The molecule has 1 aromatic carbocycles. The summed E-state index contributed by atoms with van der Waals surface area (Å²) in [5.41, 5.74) is 2.16. The van der Waals surface area contributed by atoms with Crippen molar-refractivity contribution in [2.24, 2.45) is 0 Å². The number of ether oxygens (including phenoxy) is 1. The molecule has 1 aromatic rings. The van der Waals surface area contributed by atoms with E-state index in [1.807, 2.05) is 18.2 Å². The highest BCUT2D eigenvalue weighted by Crippen LogP contribution is 2.28. The summed E-state index contributed by atoms with van der Waals surface area (Å²) < 4.78 is 5.03. The molecule has 1 N–H and O–H groups in total. The fourth-order valence-electron chi connectivity index (χ4n) is 1.35. The summed E-state index contributed by atoms with van der Waals surface area (Å²) in [6.45, 7) is 2.36. The second-order valence-corrected chi connectivity index (χ2v) is 3.01. The van der Waals surface area contributed by atoms with Crippen LogP contribution in [0.1, 0.15) is 12.5 Å². The van der Waals surface area contributed by atoms with Crippen LogP contribution in [0.2, 0.25) is 0 Å². The molecule has 3 heteroatoms. The van der Waals surface area contributed by atoms with E-state index in [4.69, 9.17) is 4.74 Å². The minimum absolute atomic E-state index is 0.225. The van der Waals surface area contributed by atoms with Crippen LogP contribution in [0.4, 0.5) is 5.69 Å². The van der Waals surface area contributed by atoms with E-state index in [0.717, 1.165) is 12.1 Å². The molecule has 0 bridgehead atoms. The molecule has 1 aliphatic rings. The number of carbonyl (C=O) groups is 1. The normalized spacial score (nSPS) is 14.4. The molecule has 1 heterocycles. The van der Waals surface area contributed by atoms with Gasteiger partial charge in [-0.25, -0.2) is 4.79 Å². The SMILES string of the molecule is CCc1ccc2c(c1)NCC(=O)O2. The topological polar surface area (TPSA) is 38.3 Å². The zero-order valence-corrected chi connectivity index (χ0v) is 7.46. The molecule has 1 aliphatic heterocycles. The van der Waals surface area contributed by atoms with Crippen LogP contribution < -0.4 is 10.1 Å². The van der Waals surface area contributed by atoms with Crippen LogP contribution in [0.3, 0.4) is 0 Å². The van der Waals surface area contributed by atoms with Gasteiger partial charge in [-0.2, -0.15) is 0 Å². The third-order valence-corrected chi connectivity index (χ3v) is 2.10. The molecular weight excluding hydrogens is 166 g/mol. The van der Waals surface area contributed by atoms with Gasteiger partial charge in [0.2, 0.25) is 0 Å². The minimum atomic E-state index is -0.225. The number of anilines is 1. The Morgan fingerprint density at radius 1 is 1.54 bits per heavy atom. The van der Waals surface area contributed by atoms with Gasteiger partial charge < -0.3 is 10.1 Å². The van der Waals surface area contributed by atoms with Gasteiger partial charge in [0.25, 0.3) is 0 Å². The maximum absolute atomic E-state index is 10.9. The Bertz CT molecular complexity index is 347. The lowest BCUT2D eigenvalue weighted by Gasteiger charge is -2.17. The number of carbonyl (C=O) groups excluding carboxylic acids is 1. The maximum atomic E-state index is 10.9. The van der Waals surface area contributed by atoms with Gasteiger partial charge in [0.1, 0.15) is 6.54 Å². The zero-order valence-electron chi connectivity index (χ0n) is 7.46. The van der Waals surface area contributed by atoms with Crippen LogP contribution in [0.15, 0.2) is 18.2 Å². The third-order valence-electron chi connectivity index (χ3n) is 2.10. The Balaban J connectivity index is 2.36. The Hall–Kier alpha value is -1.51. The summed E-state index contributed by atoms with van der Waals surface area (Å²) >= 11 is 0. The van der Waals surface area contributed by atoms with Crippen molar-refractivity contribution in [3.05, 3.63) is 23.8 Å². The Labute approximate surface area is 76.7 Å². The van der Waals surface area contributed by atoms with Crippen molar-refractivity contribution in [1.29, 1.82) is 0 Å². The number of aryl methyl sites for hydroxylation is 1. The van der Waals surface area contributed by atoms with Gasteiger partial charge in [-0.15, -0.1) is 0 Å². The van der Waals surface area contributed by atoms with Gasteiger partial charge in [0.15, 0.2) is 5.75 Å². The quantitative estimate of drug-likeness (QED) is 0.522. The first kappa shape index (κ1) is 8.10. The van der Waals surface area contributed by atoms with Crippen LogP contribution in [0.5, 0.6) is 5.75 Å². The smallest absolute Gasteiger partial charge is 0.330 e. The zero-order chi connectivity index (χ0) is 9.26. The molecule has 0 aliphatic carbocycles. The van der Waals surface area contributed by atoms with E-state index in [2.05, 4.69) is 12.2 Å². The average Bonchev–Trinajstić information content (AvgIpc) is 2.17. The second kappa shape index (κ2) is 3.09. The molecule has 0 atom stereocenters. The number of hydrogen-bond donors (Lipinski definition) is 1. The van der Waals surface area contributed by atoms with E-state index in [0.29, 0.717) is 5.75 Å². The van der Waals surface area contributed by atoms with Crippen LogP contribution in [0, 0.1) is 0 Å². The molecule has 0 saturated heterocycles. The van der Waals surface area contributed by atoms with E-state index >= 15 is 0 Å². The van der Waals surface area contributed by atoms with Crippen molar-refractivity contribution < 1.29 is 9.53 Å². The van der Waals surface area contributed by atoms with Crippen molar-refractivity contribution in [2.45, 2.75) is 13.3 Å². The highest BCUT2D eigenvalue weighted by atomic mass is 16.5. The van der Waals surface area contributed by atoms with Gasteiger partial charge in [-0.3, -0.25) is 0 Å². The largest absolute Gasteiger partial charge is 0.423 e. The maximum Gasteiger partial charge on any atom is 0.330 e. The lowest BCUT2D eigenvalue weighted by atomic mass is 10.1. The standard InChI is InChI=1S/C10H11NO2/c1-2-7-3-4-9-8(5-7)11-6-10(12)13-9/h3-5,11H,2,6H2,1H3. The summed E-state index contributed by atoms with van der Waals surface area (Å²) in [5.74, 6) is 0.408. The average molecular weight is 177 g/mol. The fraction of sp³-hybridized carbons (Fsp3) is 0.300. The molecule has 13 heavy (non-hydrogen) atoms. The molecular formula is C10H11NO2. The number of rotatable bonds is 1. The molecule has 0 spiro atoms. The predicted molar refractivity (Wildman–Crippen MR) is 49.9 cm³/mol. The van der Waals surface area contributed by atoms with E-state index in [1.54, 1.807) is 0 Å². The van der Waals surface area contributed by atoms with Crippen molar-refractivity contribution >= 4 is 11.7 Å². The summed E-state index contributed by atoms with van der Waals surface area (Å²) in [7, 11) is 0. The van der Waals surface area contributed by atoms with Gasteiger partial charge >= 0.3 is 5.97 Å². The number of fused-ring (bicyclic) bond motifs is 1. The lowest BCUT2D eigenvalue weighted by molar-refractivity contribution is -0.132. The van der Waals surface area contributed by atoms with E-state index < -0.39 is 0 Å². The first-order chi connectivity index (χ1) is 6.29. The summed E-state index contributed by atoms with van der Waals surface area (Å²) in [4.78, 5) is 10.9. The predicted octanol–water partition coefficient (Wildman–Crippen LogP) is 1.58. The number of hydrogen-bond acceptors (Lipinski definition) is 3. The second-order valence-electron chi connectivity index (χ2n) is 3.01. The number of esters is 1. The van der Waals surface area contributed by atoms with Crippen molar-refractivity contribution in [3.63, 3.8) is 0 Å². The molecule has 0 amide bonds. The summed E-state index contributed by atoms with van der Waals surface area (Å²) in [6, 6.07) is 5.82. The van der Waals surface area contributed by atoms with Gasteiger partial charge in [-0.05, 0) is 24.1 Å². The molecule has 68 valence electrons. The Morgan fingerprint density at radius 3 is 3.15 bits per heavy atom. The molecule has 0 fully saturated rings. The molecule has 2 rings (SSSR count). The van der Waals surface area contributed by atoms with Crippen molar-refractivity contribution in [3.8, 4) is 5.75 Å². The van der Waals surface area contributed by atoms with Crippen LogP contribution in [0.25, 0.3) is 0 Å². The summed E-state index contributed by atoms with van der Waals surface area (Å²) in [6.07, 6.45) is 0.989. The van der Waals surface area contributed by atoms with Gasteiger partial charge in [0.05, 0.1) is 5.69 Å². The fourth-order valence-corrected chi connectivity index (χ4v) is 1.35. The van der Waals surface area contributed by atoms with Crippen LogP contribution >= 0.6 is 0 Å². The monoisotopic (exact) mass is 177 g/mol. The first-order valence-corrected chi connectivity index (χ1v) is 4.37. The lowest BCUT2D eigenvalue weighted by Crippen LogP contribution is -2.24. The number of nitrogens with one attached hydrogen (secondary N) is 1. The number of benzene rings is 1. The molecule has 0 aromatic heterocycles. The van der Waals surface area contributed by atoms with Crippen molar-refractivity contribution in [2.75, 3.05) is 11.9 Å². The minimum Gasteiger partial charge on any atom is -0.423 e. The third kappa shape index (κ3) is 1.49. The highest BCUT2D eigenvalue weighted by molar-refractivity contribution is 5.83. The van der Waals surface area contributed by atoms with E-state index in [-0.39, 0.29) is 12.5 Å². The summed E-state index contributed by atoms with van der Waals surface area (Å²) in [5, 5.41) is 3.01. The van der Waals surface area contributed by atoms with Crippen molar-refractivity contribution in [1.82, 2.24) is 0 Å². The Morgan fingerprint density at radius 2 is 2.38 bits per heavy atom. The van der Waals surface area contributed by atoms with Crippen LogP contribution in [-0.2, 0) is 11.2 Å².